The van der Waals surface area contributed by atoms with E-state index in [0.29, 0.717) is 5.92 Å². The van der Waals surface area contributed by atoms with Crippen molar-refractivity contribution in [2.75, 3.05) is 5.73 Å². The maximum atomic E-state index is 5.92. The van der Waals surface area contributed by atoms with Gasteiger partial charge in [0.05, 0.1) is 11.4 Å². The van der Waals surface area contributed by atoms with Gasteiger partial charge in [0.15, 0.2) is 4.96 Å². The molecule has 4 rings (SSSR count). The summed E-state index contributed by atoms with van der Waals surface area (Å²) in [6.07, 6.45) is 2.11. The van der Waals surface area contributed by atoms with Crippen LogP contribution in [0.25, 0.3) is 27.5 Å². The van der Waals surface area contributed by atoms with Crippen molar-refractivity contribution in [2.45, 2.75) is 26.7 Å². The molecule has 0 bridgehead atoms. The second-order valence-electron chi connectivity index (χ2n) is 6.69. The van der Waals surface area contributed by atoms with E-state index < -0.39 is 0 Å². The number of thiazole rings is 1. The van der Waals surface area contributed by atoms with Gasteiger partial charge in [0.2, 0.25) is 0 Å². The third kappa shape index (κ3) is 2.83. The average Bonchev–Trinajstić information content (AvgIpc) is 3.11. The Morgan fingerprint density at radius 3 is 2.48 bits per heavy atom. The molecule has 0 amide bonds. The highest BCUT2D eigenvalue weighted by atomic mass is 32.1. The SMILES string of the molecule is Cc1sc2nc(-c3cccc(N)c3)cn2c1-c1ccc(C(C)C)cc1. The molecule has 2 aromatic heterocycles. The Morgan fingerprint density at radius 2 is 1.80 bits per heavy atom. The molecule has 126 valence electrons. The highest BCUT2D eigenvalue weighted by molar-refractivity contribution is 7.17. The van der Waals surface area contributed by atoms with Crippen LogP contribution in [-0.4, -0.2) is 9.38 Å². The Morgan fingerprint density at radius 1 is 1.04 bits per heavy atom. The third-order valence-corrected chi connectivity index (χ3v) is 5.50. The number of nitrogens with two attached hydrogens (primary N) is 1. The zero-order valence-electron chi connectivity index (χ0n) is 14.7. The molecule has 2 N–H and O–H groups in total. The van der Waals surface area contributed by atoms with E-state index in [9.17, 15) is 0 Å². The van der Waals surface area contributed by atoms with Crippen LogP contribution in [0.5, 0.6) is 0 Å². The summed E-state index contributed by atoms with van der Waals surface area (Å²) in [6, 6.07) is 16.7. The van der Waals surface area contributed by atoms with Gasteiger partial charge in [0.25, 0.3) is 0 Å². The van der Waals surface area contributed by atoms with Gasteiger partial charge in [0, 0.05) is 22.3 Å². The zero-order chi connectivity index (χ0) is 17.6. The maximum Gasteiger partial charge on any atom is 0.194 e. The molecule has 4 aromatic rings. The van der Waals surface area contributed by atoms with Gasteiger partial charge in [-0.1, -0.05) is 50.2 Å². The fourth-order valence-corrected chi connectivity index (χ4v) is 4.13. The molecule has 0 fully saturated rings. The number of imidazole rings is 1. The first-order valence-electron chi connectivity index (χ1n) is 8.47. The average molecular weight is 347 g/mol. The van der Waals surface area contributed by atoms with Gasteiger partial charge in [0.1, 0.15) is 0 Å². The van der Waals surface area contributed by atoms with Gasteiger partial charge in [-0.3, -0.25) is 4.40 Å². The standard InChI is InChI=1S/C21H21N3S/c1-13(2)15-7-9-16(10-8-15)20-14(3)25-21-23-19(12-24(20)21)17-5-4-6-18(22)11-17/h4-13H,22H2,1-3H3. The maximum absolute atomic E-state index is 5.92. The molecular weight excluding hydrogens is 326 g/mol. The minimum absolute atomic E-state index is 0.543. The molecule has 3 nitrogen and oxygen atoms in total. The van der Waals surface area contributed by atoms with E-state index in [1.54, 1.807) is 11.3 Å². The van der Waals surface area contributed by atoms with Gasteiger partial charge in [-0.15, -0.1) is 11.3 Å². The summed E-state index contributed by atoms with van der Waals surface area (Å²) in [5, 5.41) is 0. The van der Waals surface area contributed by atoms with Crippen molar-refractivity contribution < 1.29 is 0 Å². The van der Waals surface area contributed by atoms with E-state index >= 15 is 0 Å². The van der Waals surface area contributed by atoms with Crippen LogP contribution in [0.15, 0.2) is 54.7 Å². The number of hydrogen-bond donors (Lipinski definition) is 1. The smallest absolute Gasteiger partial charge is 0.194 e. The molecule has 0 aliphatic heterocycles. The fourth-order valence-electron chi connectivity index (χ4n) is 3.16. The van der Waals surface area contributed by atoms with Crippen LogP contribution in [0.1, 0.15) is 30.2 Å². The van der Waals surface area contributed by atoms with E-state index in [-0.39, 0.29) is 0 Å². The minimum atomic E-state index is 0.543. The van der Waals surface area contributed by atoms with Crippen molar-refractivity contribution in [3.8, 4) is 22.5 Å². The molecule has 0 aliphatic rings. The van der Waals surface area contributed by atoms with Crippen molar-refractivity contribution in [1.82, 2.24) is 9.38 Å². The Bertz CT molecular complexity index is 1040. The lowest BCUT2D eigenvalue weighted by Crippen LogP contribution is -1.90. The van der Waals surface area contributed by atoms with Gasteiger partial charge in [-0.25, -0.2) is 4.98 Å². The number of aromatic nitrogens is 2. The number of hydrogen-bond acceptors (Lipinski definition) is 3. The van der Waals surface area contributed by atoms with Crippen LogP contribution in [0.3, 0.4) is 0 Å². The summed E-state index contributed by atoms with van der Waals surface area (Å²) in [6.45, 7) is 6.60. The number of anilines is 1. The normalized spacial score (nSPS) is 11.5. The largest absolute Gasteiger partial charge is 0.399 e. The van der Waals surface area contributed by atoms with Crippen molar-refractivity contribution in [3.63, 3.8) is 0 Å². The first-order chi connectivity index (χ1) is 12.0. The number of nitrogens with zero attached hydrogens (tertiary/aromatic N) is 2. The molecule has 0 saturated heterocycles. The second-order valence-corrected chi connectivity index (χ2v) is 7.87. The van der Waals surface area contributed by atoms with Crippen molar-refractivity contribution in [2.24, 2.45) is 0 Å². The quantitative estimate of drug-likeness (QED) is 0.480. The van der Waals surface area contributed by atoms with Gasteiger partial charge >= 0.3 is 0 Å². The number of fused-ring (bicyclic) bond motifs is 1. The molecule has 0 radical (unpaired) electrons. The van der Waals surface area contributed by atoms with Crippen LogP contribution in [0.2, 0.25) is 0 Å². The monoisotopic (exact) mass is 347 g/mol. The second kappa shape index (κ2) is 6.05. The number of nitrogen functional groups attached to an aromatic ring is 1. The van der Waals surface area contributed by atoms with Gasteiger partial charge in [-0.2, -0.15) is 0 Å². The number of aryl methyl sites for hydroxylation is 1. The fraction of sp³-hybridized carbons (Fsp3) is 0.190. The highest BCUT2D eigenvalue weighted by Crippen LogP contribution is 2.34. The van der Waals surface area contributed by atoms with Crippen LogP contribution < -0.4 is 5.73 Å². The molecule has 0 unspecified atom stereocenters. The topological polar surface area (TPSA) is 43.3 Å². The van der Waals surface area contributed by atoms with Crippen LogP contribution in [0.4, 0.5) is 5.69 Å². The first kappa shape index (κ1) is 15.9. The van der Waals surface area contributed by atoms with E-state index in [1.165, 1.54) is 21.7 Å². The van der Waals surface area contributed by atoms with Crippen molar-refractivity contribution in [3.05, 3.63) is 65.2 Å². The Kier molecular flexibility index (Phi) is 3.85. The summed E-state index contributed by atoms with van der Waals surface area (Å²) in [5.74, 6) is 0.543. The van der Waals surface area contributed by atoms with E-state index in [1.807, 2.05) is 24.3 Å². The molecule has 0 saturated carbocycles. The van der Waals surface area contributed by atoms with E-state index in [4.69, 9.17) is 10.7 Å². The third-order valence-electron chi connectivity index (χ3n) is 4.53. The predicted octanol–water partition coefficient (Wildman–Crippen LogP) is 5.74. The minimum Gasteiger partial charge on any atom is -0.399 e. The van der Waals surface area contributed by atoms with Crippen LogP contribution in [0, 0.1) is 6.92 Å². The Hall–Kier alpha value is -2.59. The molecule has 0 spiro atoms. The summed E-state index contributed by atoms with van der Waals surface area (Å²) < 4.78 is 2.20. The van der Waals surface area contributed by atoms with E-state index in [0.717, 1.165) is 21.9 Å². The molecule has 25 heavy (non-hydrogen) atoms. The van der Waals surface area contributed by atoms with Gasteiger partial charge < -0.3 is 5.73 Å². The summed E-state index contributed by atoms with van der Waals surface area (Å²) in [5.41, 5.74) is 12.5. The lowest BCUT2D eigenvalue weighted by molar-refractivity contribution is 0.867. The van der Waals surface area contributed by atoms with Crippen LogP contribution in [-0.2, 0) is 0 Å². The summed E-state index contributed by atoms with van der Waals surface area (Å²) >= 11 is 1.72. The Labute approximate surface area is 151 Å². The molecule has 0 atom stereocenters. The lowest BCUT2D eigenvalue weighted by atomic mass is 10.0. The molecule has 4 heteroatoms. The van der Waals surface area contributed by atoms with E-state index in [2.05, 4.69) is 55.6 Å². The molecule has 2 aromatic carbocycles. The molecule has 0 aliphatic carbocycles. The summed E-state index contributed by atoms with van der Waals surface area (Å²) in [7, 11) is 0. The highest BCUT2D eigenvalue weighted by Gasteiger charge is 2.15. The lowest BCUT2D eigenvalue weighted by Gasteiger charge is -2.07. The van der Waals surface area contributed by atoms with Crippen molar-refractivity contribution >= 4 is 22.0 Å². The predicted molar refractivity (Wildman–Crippen MR) is 107 cm³/mol. The van der Waals surface area contributed by atoms with Gasteiger partial charge in [-0.05, 0) is 36.1 Å². The summed E-state index contributed by atoms with van der Waals surface area (Å²) in [4.78, 5) is 7.09. The molecule has 2 heterocycles. The number of benzene rings is 2. The van der Waals surface area contributed by atoms with Crippen LogP contribution >= 0.6 is 11.3 Å². The van der Waals surface area contributed by atoms with Crippen molar-refractivity contribution in [1.29, 1.82) is 0 Å². The zero-order valence-corrected chi connectivity index (χ0v) is 15.5. The Balaban J connectivity index is 1.82. The molecular formula is C21H21N3S. The first-order valence-corrected chi connectivity index (χ1v) is 9.29. The number of rotatable bonds is 3.